The summed E-state index contributed by atoms with van der Waals surface area (Å²) in [6.07, 6.45) is 7.31. The van der Waals surface area contributed by atoms with Gasteiger partial charge in [-0.3, -0.25) is 0 Å². The molecule has 0 aromatic carbocycles. The zero-order valence-electron chi connectivity index (χ0n) is 11.4. The zero-order valence-corrected chi connectivity index (χ0v) is 12.2. The van der Waals surface area contributed by atoms with Gasteiger partial charge < -0.3 is 10.4 Å². The molecule has 0 amide bonds. The van der Waals surface area contributed by atoms with E-state index in [1.54, 1.807) is 0 Å². The highest BCUT2D eigenvalue weighted by atomic mass is 35.5. The summed E-state index contributed by atoms with van der Waals surface area (Å²) in [5, 5.41) is 12.4. The lowest BCUT2D eigenvalue weighted by atomic mass is 10.1. The van der Waals surface area contributed by atoms with Crippen molar-refractivity contribution in [1.82, 2.24) is 4.98 Å². The average Bonchev–Trinajstić information content (AvgIpc) is 2.36. The summed E-state index contributed by atoms with van der Waals surface area (Å²) < 4.78 is 0. The van der Waals surface area contributed by atoms with Gasteiger partial charge in [0.25, 0.3) is 0 Å². The van der Waals surface area contributed by atoms with Crippen LogP contribution in [0.5, 0.6) is 0 Å². The molecule has 0 aliphatic carbocycles. The first-order valence-electron chi connectivity index (χ1n) is 6.70. The third-order valence-electron chi connectivity index (χ3n) is 2.97. The lowest BCUT2D eigenvalue weighted by molar-refractivity contribution is 0.0697. The normalized spacial score (nSPS) is 12.2. The molecule has 1 unspecified atom stereocenters. The molecule has 0 bridgehead atoms. The van der Waals surface area contributed by atoms with Crippen molar-refractivity contribution in [3.63, 3.8) is 0 Å². The first-order valence-corrected chi connectivity index (χ1v) is 7.07. The number of unbranched alkanes of at least 4 members (excludes halogenated alkanes) is 3. The topological polar surface area (TPSA) is 62.2 Å². The first kappa shape index (κ1) is 15.8. The number of halogens is 1. The van der Waals surface area contributed by atoms with Crippen LogP contribution in [0.1, 0.15) is 56.3 Å². The van der Waals surface area contributed by atoms with Crippen LogP contribution < -0.4 is 5.32 Å². The fourth-order valence-electron chi connectivity index (χ4n) is 1.88. The standard InChI is InChI=1S/C14H21ClN2O2/c1-3-4-5-6-7-10(2)17-13-8-11(14(18)19)12(15)9-16-13/h8-10H,3-7H2,1-2H3,(H,16,17)(H,18,19). The van der Waals surface area contributed by atoms with Crippen molar-refractivity contribution >= 4 is 23.4 Å². The number of anilines is 1. The Hall–Kier alpha value is -1.29. The molecule has 106 valence electrons. The third kappa shape index (κ3) is 5.47. The highest BCUT2D eigenvalue weighted by molar-refractivity contribution is 6.33. The van der Waals surface area contributed by atoms with E-state index in [0.717, 1.165) is 6.42 Å². The van der Waals surface area contributed by atoms with E-state index in [1.165, 1.54) is 37.9 Å². The second-order valence-corrected chi connectivity index (χ2v) is 5.16. The van der Waals surface area contributed by atoms with Crippen molar-refractivity contribution in [3.05, 3.63) is 22.8 Å². The van der Waals surface area contributed by atoms with Crippen LogP contribution in [-0.4, -0.2) is 22.1 Å². The quantitative estimate of drug-likeness (QED) is 0.702. The second kappa shape index (κ2) is 8.00. The van der Waals surface area contributed by atoms with Crippen molar-refractivity contribution in [1.29, 1.82) is 0 Å². The number of carbonyl (C=O) groups is 1. The molecule has 4 nitrogen and oxygen atoms in total. The molecular formula is C14H21ClN2O2. The fourth-order valence-corrected chi connectivity index (χ4v) is 2.07. The minimum absolute atomic E-state index is 0.0809. The predicted molar refractivity (Wildman–Crippen MR) is 78.1 cm³/mol. The molecule has 19 heavy (non-hydrogen) atoms. The van der Waals surface area contributed by atoms with Crippen LogP contribution in [0.15, 0.2) is 12.3 Å². The molecule has 0 fully saturated rings. The number of nitrogens with one attached hydrogen (secondary N) is 1. The van der Waals surface area contributed by atoms with Crippen molar-refractivity contribution in [3.8, 4) is 0 Å². The van der Waals surface area contributed by atoms with Crippen LogP contribution in [0.3, 0.4) is 0 Å². The average molecular weight is 285 g/mol. The van der Waals surface area contributed by atoms with Gasteiger partial charge in [0.1, 0.15) is 5.82 Å². The summed E-state index contributed by atoms with van der Waals surface area (Å²) in [7, 11) is 0. The molecule has 1 rings (SSSR count). The first-order chi connectivity index (χ1) is 9.04. The summed E-state index contributed by atoms with van der Waals surface area (Å²) in [5.74, 6) is -0.476. The molecule has 5 heteroatoms. The molecule has 0 radical (unpaired) electrons. The number of aromatic nitrogens is 1. The van der Waals surface area contributed by atoms with E-state index >= 15 is 0 Å². The monoisotopic (exact) mass is 284 g/mol. The number of hydrogen-bond acceptors (Lipinski definition) is 3. The predicted octanol–water partition coefficient (Wildman–Crippen LogP) is 4.20. The highest BCUT2D eigenvalue weighted by Crippen LogP contribution is 2.19. The van der Waals surface area contributed by atoms with E-state index in [9.17, 15) is 4.79 Å². The second-order valence-electron chi connectivity index (χ2n) is 4.75. The van der Waals surface area contributed by atoms with Crippen LogP contribution in [0, 0.1) is 0 Å². The largest absolute Gasteiger partial charge is 0.478 e. The van der Waals surface area contributed by atoms with Crippen molar-refractivity contribution in [2.24, 2.45) is 0 Å². The van der Waals surface area contributed by atoms with E-state index in [1.807, 2.05) is 0 Å². The maximum atomic E-state index is 11.0. The lowest BCUT2D eigenvalue weighted by Gasteiger charge is -2.14. The Morgan fingerprint density at radius 2 is 2.21 bits per heavy atom. The summed E-state index contributed by atoms with van der Waals surface area (Å²) in [6, 6.07) is 1.75. The van der Waals surface area contributed by atoms with E-state index in [4.69, 9.17) is 16.7 Å². The lowest BCUT2D eigenvalue weighted by Crippen LogP contribution is -2.16. The molecule has 1 heterocycles. The molecule has 1 atom stereocenters. The molecule has 1 aromatic rings. The fraction of sp³-hybridized carbons (Fsp3) is 0.571. The van der Waals surface area contributed by atoms with Gasteiger partial charge in [0.15, 0.2) is 0 Å². The number of carboxylic acid groups (broad SMARTS) is 1. The molecule has 2 N–H and O–H groups in total. The Labute approximate surface area is 119 Å². The van der Waals surface area contributed by atoms with Gasteiger partial charge >= 0.3 is 5.97 Å². The Balaban J connectivity index is 2.52. The molecular weight excluding hydrogens is 264 g/mol. The van der Waals surface area contributed by atoms with Crippen LogP contribution in [0.2, 0.25) is 5.02 Å². The SMILES string of the molecule is CCCCCCC(C)Nc1cc(C(=O)O)c(Cl)cn1. The Morgan fingerprint density at radius 1 is 1.47 bits per heavy atom. The summed E-state index contributed by atoms with van der Waals surface area (Å²) >= 11 is 5.78. The van der Waals surface area contributed by atoms with Gasteiger partial charge in [-0.1, -0.05) is 44.2 Å². The number of hydrogen-bond donors (Lipinski definition) is 2. The maximum Gasteiger partial charge on any atom is 0.337 e. The van der Waals surface area contributed by atoms with E-state index in [0.29, 0.717) is 5.82 Å². The van der Waals surface area contributed by atoms with Crippen LogP contribution >= 0.6 is 11.6 Å². The molecule has 0 spiro atoms. The van der Waals surface area contributed by atoms with Gasteiger partial charge in [-0.05, 0) is 19.4 Å². The minimum atomic E-state index is -1.04. The Bertz CT molecular complexity index is 424. The number of nitrogens with zero attached hydrogens (tertiary/aromatic N) is 1. The molecule has 0 aliphatic heterocycles. The van der Waals surface area contributed by atoms with E-state index in [-0.39, 0.29) is 16.6 Å². The summed E-state index contributed by atoms with van der Waals surface area (Å²) in [4.78, 5) is 15.1. The number of aromatic carboxylic acids is 1. The van der Waals surface area contributed by atoms with Gasteiger partial charge in [-0.25, -0.2) is 9.78 Å². The van der Waals surface area contributed by atoms with Gasteiger partial charge in [-0.2, -0.15) is 0 Å². The number of rotatable bonds is 8. The van der Waals surface area contributed by atoms with Crippen molar-refractivity contribution in [2.45, 2.75) is 52.0 Å². The van der Waals surface area contributed by atoms with Gasteiger partial charge in [0.05, 0.1) is 10.6 Å². The maximum absolute atomic E-state index is 11.0. The molecule has 0 saturated carbocycles. The van der Waals surface area contributed by atoms with E-state index < -0.39 is 5.97 Å². The Kier molecular flexibility index (Phi) is 6.64. The van der Waals surface area contributed by atoms with E-state index in [2.05, 4.69) is 24.1 Å². The zero-order chi connectivity index (χ0) is 14.3. The summed E-state index contributed by atoms with van der Waals surface area (Å²) in [5.41, 5.74) is 0.0809. The van der Waals surface area contributed by atoms with Gasteiger partial charge in [0, 0.05) is 12.2 Å². The Morgan fingerprint density at radius 3 is 2.84 bits per heavy atom. The molecule has 0 aliphatic rings. The summed E-state index contributed by atoms with van der Waals surface area (Å²) in [6.45, 7) is 4.26. The number of pyridine rings is 1. The van der Waals surface area contributed by atoms with Crippen LogP contribution in [0.4, 0.5) is 5.82 Å². The van der Waals surface area contributed by atoms with Crippen molar-refractivity contribution in [2.75, 3.05) is 5.32 Å². The van der Waals surface area contributed by atoms with Gasteiger partial charge in [0.2, 0.25) is 0 Å². The molecule has 0 saturated heterocycles. The van der Waals surface area contributed by atoms with Crippen molar-refractivity contribution < 1.29 is 9.90 Å². The van der Waals surface area contributed by atoms with Gasteiger partial charge in [-0.15, -0.1) is 0 Å². The van der Waals surface area contributed by atoms with Crippen LogP contribution in [-0.2, 0) is 0 Å². The van der Waals surface area contributed by atoms with Crippen LogP contribution in [0.25, 0.3) is 0 Å². The minimum Gasteiger partial charge on any atom is -0.478 e. The molecule has 1 aromatic heterocycles. The smallest absolute Gasteiger partial charge is 0.337 e. The highest BCUT2D eigenvalue weighted by Gasteiger charge is 2.11. The number of carboxylic acids is 1. The third-order valence-corrected chi connectivity index (χ3v) is 3.27.